The molecule has 17 heavy (non-hydrogen) atoms. The van der Waals surface area contributed by atoms with Crippen molar-refractivity contribution in [3.05, 3.63) is 27.7 Å². The van der Waals surface area contributed by atoms with Crippen LogP contribution < -0.4 is 4.74 Å². The van der Waals surface area contributed by atoms with Gasteiger partial charge in [0.15, 0.2) is 0 Å². The van der Waals surface area contributed by atoms with Crippen LogP contribution in [0, 0.1) is 5.92 Å². The second-order valence-corrected chi connectivity index (χ2v) is 7.14. The summed E-state index contributed by atoms with van der Waals surface area (Å²) in [5.41, 5.74) is 2.74. The lowest BCUT2D eigenvalue weighted by atomic mass is 10.0. The van der Waals surface area contributed by atoms with Gasteiger partial charge in [0.05, 0.1) is 6.61 Å². The van der Waals surface area contributed by atoms with Crippen LogP contribution in [0.15, 0.2) is 16.6 Å². The number of benzene rings is 1. The number of fused-ring (bicyclic) bond motifs is 1. The van der Waals surface area contributed by atoms with E-state index in [9.17, 15) is 0 Å². The van der Waals surface area contributed by atoms with Gasteiger partial charge in [-0.2, -0.15) is 0 Å². The average molecular weight is 360 g/mol. The van der Waals surface area contributed by atoms with Gasteiger partial charge < -0.3 is 4.74 Å². The van der Waals surface area contributed by atoms with E-state index in [2.05, 4.69) is 44.0 Å². The zero-order valence-electron chi connectivity index (χ0n) is 9.72. The molecule has 3 rings (SSSR count). The number of aryl methyl sites for hydroxylation is 1. The van der Waals surface area contributed by atoms with Gasteiger partial charge in [0, 0.05) is 15.7 Å². The maximum atomic E-state index is 5.76. The standard InChI is InChI=1S/C14H16Br2O/c15-12-7-10(3-4-13(16)9-1-2-9)14-11(8-12)5-6-17-14/h7-9,13H,1-6H2. The Morgan fingerprint density at radius 3 is 2.94 bits per heavy atom. The van der Waals surface area contributed by atoms with Crippen LogP contribution in [0.3, 0.4) is 0 Å². The smallest absolute Gasteiger partial charge is 0.125 e. The Hall–Kier alpha value is -0.0200. The second kappa shape index (κ2) is 4.93. The maximum absolute atomic E-state index is 5.76. The molecule has 1 unspecified atom stereocenters. The van der Waals surface area contributed by atoms with Gasteiger partial charge in [0.1, 0.15) is 5.75 Å². The summed E-state index contributed by atoms with van der Waals surface area (Å²) in [6, 6.07) is 4.41. The summed E-state index contributed by atoms with van der Waals surface area (Å²) in [5, 5.41) is 0. The molecule has 0 amide bonds. The van der Waals surface area contributed by atoms with Crippen molar-refractivity contribution in [1.82, 2.24) is 0 Å². The molecule has 2 aliphatic rings. The first-order valence-electron chi connectivity index (χ1n) is 6.32. The van der Waals surface area contributed by atoms with E-state index in [1.807, 2.05) is 0 Å². The molecule has 1 nitrogen and oxygen atoms in total. The van der Waals surface area contributed by atoms with E-state index < -0.39 is 0 Å². The average Bonchev–Trinajstić information content (AvgIpc) is 3.05. The van der Waals surface area contributed by atoms with E-state index in [4.69, 9.17) is 4.74 Å². The third-order valence-corrected chi connectivity index (χ3v) is 5.31. The molecule has 0 saturated heterocycles. The Balaban J connectivity index is 1.73. The molecule has 1 heterocycles. The third kappa shape index (κ3) is 2.70. The van der Waals surface area contributed by atoms with Gasteiger partial charge in [0.25, 0.3) is 0 Å². The zero-order valence-corrected chi connectivity index (χ0v) is 12.9. The summed E-state index contributed by atoms with van der Waals surface area (Å²) in [4.78, 5) is 0.693. The van der Waals surface area contributed by atoms with Crippen LogP contribution in [0.4, 0.5) is 0 Å². The fourth-order valence-corrected chi connectivity index (χ4v) is 3.83. The molecule has 1 fully saturated rings. The molecule has 0 N–H and O–H groups in total. The van der Waals surface area contributed by atoms with Crippen LogP contribution in [-0.4, -0.2) is 11.4 Å². The summed E-state index contributed by atoms with van der Waals surface area (Å²) in [7, 11) is 0. The fraction of sp³-hybridized carbons (Fsp3) is 0.571. The Kier molecular flexibility index (Phi) is 3.49. The van der Waals surface area contributed by atoms with E-state index in [-0.39, 0.29) is 0 Å². The molecule has 1 aromatic rings. The molecular weight excluding hydrogens is 344 g/mol. The van der Waals surface area contributed by atoms with Gasteiger partial charge in [0.2, 0.25) is 0 Å². The summed E-state index contributed by atoms with van der Waals surface area (Å²) < 4.78 is 6.95. The van der Waals surface area contributed by atoms with Crippen molar-refractivity contribution < 1.29 is 4.74 Å². The van der Waals surface area contributed by atoms with Crippen LogP contribution in [0.2, 0.25) is 0 Å². The largest absolute Gasteiger partial charge is 0.493 e. The number of hydrogen-bond acceptors (Lipinski definition) is 1. The van der Waals surface area contributed by atoms with Crippen LogP contribution >= 0.6 is 31.9 Å². The summed E-state index contributed by atoms with van der Waals surface area (Å²) in [6.07, 6.45) is 6.21. The van der Waals surface area contributed by atoms with Crippen molar-refractivity contribution in [3.63, 3.8) is 0 Å². The minimum Gasteiger partial charge on any atom is -0.493 e. The molecule has 1 saturated carbocycles. The molecule has 1 atom stereocenters. The molecule has 1 aliphatic heterocycles. The topological polar surface area (TPSA) is 9.23 Å². The minimum absolute atomic E-state index is 0.693. The van der Waals surface area contributed by atoms with Crippen LogP contribution in [0.5, 0.6) is 5.75 Å². The minimum atomic E-state index is 0.693. The number of halogens is 2. The van der Waals surface area contributed by atoms with Crippen LogP contribution in [0.1, 0.15) is 30.4 Å². The summed E-state index contributed by atoms with van der Waals surface area (Å²) in [5.74, 6) is 2.08. The van der Waals surface area contributed by atoms with Gasteiger partial charge >= 0.3 is 0 Å². The van der Waals surface area contributed by atoms with Gasteiger partial charge in [-0.05, 0) is 54.9 Å². The maximum Gasteiger partial charge on any atom is 0.125 e. The van der Waals surface area contributed by atoms with E-state index in [0.717, 1.165) is 31.1 Å². The molecule has 1 aromatic carbocycles. The van der Waals surface area contributed by atoms with Gasteiger partial charge in [-0.3, -0.25) is 0 Å². The van der Waals surface area contributed by atoms with Crippen molar-refractivity contribution in [2.75, 3.05) is 6.61 Å². The van der Waals surface area contributed by atoms with Crippen molar-refractivity contribution >= 4 is 31.9 Å². The monoisotopic (exact) mass is 358 g/mol. The number of hydrogen-bond donors (Lipinski definition) is 0. The molecule has 92 valence electrons. The van der Waals surface area contributed by atoms with Crippen molar-refractivity contribution in [1.29, 1.82) is 0 Å². The van der Waals surface area contributed by atoms with Crippen molar-refractivity contribution in [2.24, 2.45) is 5.92 Å². The molecule has 0 aromatic heterocycles. The highest BCUT2D eigenvalue weighted by molar-refractivity contribution is 9.10. The van der Waals surface area contributed by atoms with E-state index in [1.165, 1.54) is 34.9 Å². The van der Waals surface area contributed by atoms with Crippen LogP contribution in [0.25, 0.3) is 0 Å². The highest BCUT2D eigenvalue weighted by Gasteiger charge is 2.29. The highest BCUT2D eigenvalue weighted by atomic mass is 79.9. The Morgan fingerprint density at radius 1 is 1.35 bits per heavy atom. The van der Waals surface area contributed by atoms with E-state index in [0.29, 0.717) is 4.83 Å². The lowest BCUT2D eigenvalue weighted by Crippen LogP contribution is -2.03. The lowest BCUT2D eigenvalue weighted by molar-refractivity contribution is 0.353. The number of ether oxygens (including phenoxy) is 1. The first-order valence-corrected chi connectivity index (χ1v) is 8.03. The summed E-state index contributed by atoms with van der Waals surface area (Å²) >= 11 is 7.41. The van der Waals surface area contributed by atoms with Gasteiger partial charge in [-0.15, -0.1) is 0 Å². The Bertz CT molecular complexity index is 426. The van der Waals surface area contributed by atoms with Crippen LogP contribution in [-0.2, 0) is 12.8 Å². The SMILES string of the molecule is Brc1cc2c(c(CCC(Br)C3CC3)c1)OCC2. The predicted molar refractivity (Wildman–Crippen MR) is 77.1 cm³/mol. The zero-order chi connectivity index (χ0) is 11.8. The third-order valence-electron chi connectivity index (χ3n) is 3.65. The van der Waals surface area contributed by atoms with E-state index in [1.54, 1.807) is 0 Å². The molecule has 0 radical (unpaired) electrons. The fourth-order valence-electron chi connectivity index (χ4n) is 2.52. The van der Waals surface area contributed by atoms with E-state index >= 15 is 0 Å². The Labute approximate surface area is 119 Å². The highest BCUT2D eigenvalue weighted by Crippen LogP contribution is 2.40. The molecular formula is C14H16Br2O. The molecule has 0 bridgehead atoms. The Morgan fingerprint density at radius 2 is 2.18 bits per heavy atom. The van der Waals surface area contributed by atoms with Crippen molar-refractivity contribution in [2.45, 2.75) is 36.9 Å². The summed E-state index contributed by atoms with van der Waals surface area (Å²) in [6.45, 7) is 0.846. The predicted octanol–water partition coefficient (Wildman–Crippen LogP) is 4.49. The molecule has 1 aliphatic carbocycles. The quantitative estimate of drug-likeness (QED) is 0.719. The second-order valence-electron chi connectivity index (χ2n) is 5.04. The van der Waals surface area contributed by atoms with Crippen molar-refractivity contribution in [3.8, 4) is 5.75 Å². The number of rotatable bonds is 4. The number of alkyl halides is 1. The van der Waals surface area contributed by atoms with Gasteiger partial charge in [-0.25, -0.2) is 0 Å². The first kappa shape index (κ1) is 12.0. The first-order chi connectivity index (χ1) is 8.24. The molecule has 3 heteroatoms. The molecule has 0 spiro atoms. The lowest BCUT2D eigenvalue weighted by Gasteiger charge is -2.11. The van der Waals surface area contributed by atoms with Gasteiger partial charge in [-0.1, -0.05) is 31.9 Å². The normalized spacial score (nSPS) is 19.9.